The molecule has 1 unspecified atom stereocenters. The Morgan fingerprint density at radius 2 is 2.32 bits per heavy atom. The summed E-state index contributed by atoms with van der Waals surface area (Å²) >= 11 is 0. The summed E-state index contributed by atoms with van der Waals surface area (Å²) in [6.07, 6.45) is 6.99. The van der Waals surface area contributed by atoms with E-state index in [0.29, 0.717) is 18.7 Å². The minimum absolute atomic E-state index is 0.0210. The molecule has 0 amide bonds. The van der Waals surface area contributed by atoms with Gasteiger partial charge >= 0.3 is 0 Å². The van der Waals surface area contributed by atoms with Gasteiger partial charge < -0.3 is 9.30 Å². The van der Waals surface area contributed by atoms with E-state index in [1.165, 1.54) is 0 Å². The molecular formula is C13H17N5O. The summed E-state index contributed by atoms with van der Waals surface area (Å²) in [5.74, 6) is 0.912. The second-order valence-corrected chi connectivity index (χ2v) is 4.18. The minimum Gasteiger partial charge on any atom is -0.371 e. The molecule has 0 bridgehead atoms. The monoisotopic (exact) mass is 259 g/mol. The zero-order valence-electron chi connectivity index (χ0n) is 11.2. The summed E-state index contributed by atoms with van der Waals surface area (Å²) in [6.45, 7) is 6.07. The largest absolute Gasteiger partial charge is 0.371 e. The first kappa shape index (κ1) is 13.3. The average Bonchev–Trinajstić information content (AvgIpc) is 3.05. The van der Waals surface area contributed by atoms with Crippen molar-refractivity contribution in [3.05, 3.63) is 36.2 Å². The molecule has 100 valence electrons. The Kier molecular flexibility index (Phi) is 4.31. The second kappa shape index (κ2) is 6.16. The summed E-state index contributed by atoms with van der Waals surface area (Å²) in [5, 5.41) is 12.9. The summed E-state index contributed by atoms with van der Waals surface area (Å²) in [5.41, 5.74) is 0.577. The summed E-state index contributed by atoms with van der Waals surface area (Å²) < 4.78 is 9.36. The molecule has 2 heterocycles. The lowest BCUT2D eigenvalue weighted by Crippen LogP contribution is -2.13. The first-order valence-electron chi connectivity index (χ1n) is 6.29. The third-order valence-corrected chi connectivity index (χ3v) is 2.86. The molecule has 0 aliphatic carbocycles. The third kappa shape index (κ3) is 3.20. The molecule has 0 N–H and O–H groups in total. The molecule has 2 aromatic rings. The van der Waals surface area contributed by atoms with Gasteiger partial charge in [0.2, 0.25) is 0 Å². The van der Waals surface area contributed by atoms with E-state index < -0.39 is 0 Å². The molecule has 0 spiro atoms. The normalized spacial score (nSPS) is 12.3. The highest BCUT2D eigenvalue weighted by molar-refractivity contribution is 5.21. The Hall–Kier alpha value is -2.13. The van der Waals surface area contributed by atoms with E-state index >= 15 is 0 Å². The summed E-state index contributed by atoms with van der Waals surface area (Å²) in [4.78, 5) is 4.32. The molecular weight excluding hydrogens is 242 g/mol. The SMILES string of the molecule is CCOC(C)c1nccn1CCn1cc(C#N)cn1. The van der Waals surface area contributed by atoms with Gasteiger partial charge in [0.1, 0.15) is 18.0 Å². The van der Waals surface area contributed by atoms with E-state index in [2.05, 4.69) is 16.2 Å². The van der Waals surface area contributed by atoms with Gasteiger partial charge in [-0.3, -0.25) is 4.68 Å². The van der Waals surface area contributed by atoms with Crippen LogP contribution in [0.25, 0.3) is 0 Å². The fourth-order valence-electron chi connectivity index (χ4n) is 1.95. The molecule has 0 fully saturated rings. The van der Waals surface area contributed by atoms with E-state index in [-0.39, 0.29) is 6.10 Å². The van der Waals surface area contributed by atoms with E-state index in [1.807, 2.05) is 24.6 Å². The van der Waals surface area contributed by atoms with Gasteiger partial charge in [-0.2, -0.15) is 10.4 Å². The molecule has 0 aliphatic heterocycles. The van der Waals surface area contributed by atoms with E-state index in [0.717, 1.165) is 12.4 Å². The lowest BCUT2D eigenvalue weighted by molar-refractivity contribution is 0.0672. The van der Waals surface area contributed by atoms with Crippen LogP contribution in [-0.2, 0) is 17.8 Å². The number of nitrogens with zero attached hydrogens (tertiary/aromatic N) is 5. The number of aromatic nitrogens is 4. The zero-order valence-corrected chi connectivity index (χ0v) is 11.2. The van der Waals surface area contributed by atoms with E-state index in [9.17, 15) is 0 Å². The number of hydrogen-bond donors (Lipinski definition) is 0. The molecule has 0 aliphatic rings. The van der Waals surface area contributed by atoms with Crippen molar-refractivity contribution in [1.82, 2.24) is 19.3 Å². The maximum atomic E-state index is 8.74. The topological polar surface area (TPSA) is 68.7 Å². The Balaban J connectivity index is 2.00. The van der Waals surface area contributed by atoms with Gasteiger partial charge in [0, 0.05) is 31.7 Å². The number of ether oxygens (including phenoxy) is 1. The van der Waals surface area contributed by atoms with Crippen LogP contribution in [0.15, 0.2) is 24.8 Å². The Morgan fingerprint density at radius 1 is 1.47 bits per heavy atom. The fourth-order valence-corrected chi connectivity index (χ4v) is 1.95. The van der Waals surface area contributed by atoms with Crippen LogP contribution in [0, 0.1) is 11.3 Å². The number of nitriles is 1. The Bertz CT molecular complexity index is 566. The quantitative estimate of drug-likeness (QED) is 0.792. The predicted octanol–water partition coefficient (Wildman–Crippen LogP) is 1.75. The molecule has 2 aromatic heterocycles. The molecule has 2 rings (SSSR count). The number of hydrogen-bond acceptors (Lipinski definition) is 4. The number of rotatable bonds is 6. The molecule has 0 saturated carbocycles. The van der Waals surface area contributed by atoms with Gasteiger partial charge in [0.05, 0.1) is 18.3 Å². The first-order valence-corrected chi connectivity index (χ1v) is 6.29. The van der Waals surface area contributed by atoms with Crippen molar-refractivity contribution < 1.29 is 4.74 Å². The molecule has 1 atom stereocenters. The van der Waals surface area contributed by atoms with Crippen molar-refractivity contribution in [2.24, 2.45) is 0 Å². The maximum absolute atomic E-state index is 8.74. The summed E-state index contributed by atoms with van der Waals surface area (Å²) in [7, 11) is 0. The van der Waals surface area contributed by atoms with Crippen molar-refractivity contribution in [2.45, 2.75) is 33.0 Å². The van der Waals surface area contributed by atoms with Crippen LogP contribution >= 0.6 is 0 Å². The van der Waals surface area contributed by atoms with Crippen molar-refractivity contribution in [2.75, 3.05) is 6.61 Å². The van der Waals surface area contributed by atoms with Crippen LogP contribution in [0.4, 0.5) is 0 Å². The van der Waals surface area contributed by atoms with Crippen molar-refractivity contribution in [3.63, 3.8) is 0 Å². The predicted molar refractivity (Wildman–Crippen MR) is 69.2 cm³/mol. The average molecular weight is 259 g/mol. The Morgan fingerprint density at radius 3 is 3.00 bits per heavy atom. The van der Waals surface area contributed by atoms with Crippen LogP contribution in [0.5, 0.6) is 0 Å². The van der Waals surface area contributed by atoms with Crippen LogP contribution in [-0.4, -0.2) is 25.9 Å². The lowest BCUT2D eigenvalue weighted by atomic mass is 10.3. The van der Waals surface area contributed by atoms with Gasteiger partial charge in [-0.25, -0.2) is 4.98 Å². The van der Waals surface area contributed by atoms with Crippen LogP contribution in [0.1, 0.15) is 31.3 Å². The highest BCUT2D eigenvalue weighted by Gasteiger charge is 2.11. The first-order chi connectivity index (χ1) is 9.24. The van der Waals surface area contributed by atoms with Crippen LogP contribution < -0.4 is 0 Å². The van der Waals surface area contributed by atoms with Gasteiger partial charge in [-0.05, 0) is 13.8 Å². The lowest BCUT2D eigenvalue weighted by Gasteiger charge is -2.14. The Labute approximate surface area is 112 Å². The maximum Gasteiger partial charge on any atom is 0.137 e. The fraction of sp³-hybridized carbons (Fsp3) is 0.462. The van der Waals surface area contributed by atoms with E-state index in [4.69, 9.17) is 10.00 Å². The molecule has 0 radical (unpaired) electrons. The van der Waals surface area contributed by atoms with Gasteiger partial charge in [0.15, 0.2) is 0 Å². The number of imidazole rings is 1. The standard InChI is InChI=1S/C13H17N5O/c1-3-19-11(2)13-15-4-5-17(13)6-7-18-10-12(8-14)9-16-18/h4-5,9-11H,3,6-7H2,1-2H3. The van der Waals surface area contributed by atoms with Gasteiger partial charge in [0.25, 0.3) is 0 Å². The summed E-state index contributed by atoms with van der Waals surface area (Å²) in [6, 6.07) is 2.06. The van der Waals surface area contributed by atoms with Crippen LogP contribution in [0.3, 0.4) is 0 Å². The van der Waals surface area contributed by atoms with Gasteiger partial charge in [-0.15, -0.1) is 0 Å². The number of aryl methyl sites for hydroxylation is 2. The van der Waals surface area contributed by atoms with Crippen molar-refractivity contribution in [3.8, 4) is 6.07 Å². The molecule has 19 heavy (non-hydrogen) atoms. The minimum atomic E-state index is -0.0210. The van der Waals surface area contributed by atoms with Crippen molar-refractivity contribution in [1.29, 1.82) is 5.26 Å². The van der Waals surface area contributed by atoms with E-state index in [1.54, 1.807) is 23.3 Å². The molecule has 6 heteroatoms. The molecule has 0 aromatic carbocycles. The smallest absolute Gasteiger partial charge is 0.137 e. The highest BCUT2D eigenvalue weighted by atomic mass is 16.5. The van der Waals surface area contributed by atoms with Crippen molar-refractivity contribution >= 4 is 0 Å². The molecule has 0 saturated heterocycles. The molecule has 6 nitrogen and oxygen atoms in total. The highest BCUT2D eigenvalue weighted by Crippen LogP contribution is 2.14. The van der Waals surface area contributed by atoms with Crippen LogP contribution in [0.2, 0.25) is 0 Å². The zero-order chi connectivity index (χ0) is 13.7. The third-order valence-electron chi connectivity index (χ3n) is 2.86. The second-order valence-electron chi connectivity index (χ2n) is 4.18. The van der Waals surface area contributed by atoms with Gasteiger partial charge in [-0.1, -0.05) is 0 Å².